The molecule has 1 fully saturated rings. The molecular formula is C18H25BrN2O2S. The maximum atomic E-state index is 12.2. The third-order valence-corrected chi connectivity index (χ3v) is 5.73. The molecule has 1 aliphatic rings. The quantitative estimate of drug-likeness (QED) is 0.721. The number of carbonyl (C=O) groups excluding carboxylic acids is 2. The lowest BCUT2D eigenvalue weighted by Crippen LogP contribution is -2.37. The SMILES string of the molecule is CC(Sc1ccc(Br)cc1)C(=O)NCCC(=O)N1CCCCCC1. The fourth-order valence-corrected chi connectivity index (χ4v) is 3.84. The zero-order valence-electron chi connectivity index (χ0n) is 14.1. The highest BCUT2D eigenvalue weighted by molar-refractivity contribution is 9.10. The van der Waals surface area contributed by atoms with Crippen LogP contribution in [0.25, 0.3) is 0 Å². The average Bonchev–Trinajstić information content (AvgIpc) is 2.86. The molecule has 24 heavy (non-hydrogen) atoms. The zero-order valence-corrected chi connectivity index (χ0v) is 16.5. The van der Waals surface area contributed by atoms with Gasteiger partial charge in [0.1, 0.15) is 0 Å². The van der Waals surface area contributed by atoms with Crippen molar-refractivity contribution in [2.24, 2.45) is 0 Å². The second-order valence-electron chi connectivity index (χ2n) is 6.05. The van der Waals surface area contributed by atoms with E-state index in [0.29, 0.717) is 13.0 Å². The van der Waals surface area contributed by atoms with Gasteiger partial charge in [-0.05, 0) is 44.0 Å². The lowest BCUT2D eigenvalue weighted by Gasteiger charge is -2.20. The van der Waals surface area contributed by atoms with Gasteiger partial charge in [0.2, 0.25) is 11.8 Å². The molecule has 2 rings (SSSR count). The number of thioether (sulfide) groups is 1. The minimum Gasteiger partial charge on any atom is -0.355 e. The van der Waals surface area contributed by atoms with Crippen LogP contribution in [0.5, 0.6) is 0 Å². The van der Waals surface area contributed by atoms with Gasteiger partial charge >= 0.3 is 0 Å². The summed E-state index contributed by atoms with van der Waals surface area (Å²) in [4.78, 5) is 27.4. The minimum atomic E-state index is -0.181. The van der Waals surface area contributed by atoms with Crippen molar-refractivity contribution in [3.05, 3.63) is 28.7 Å². The molecule has 1 atom stereocenters. The molecule has 1 heterocycles. The van der Waals surface area contributed by atoms with Crippen LogP contribution in [-0.2, 0) is 9.59 Å². The predicted molar refractivity (Wildman–Crippen MR) is 102 cm³/mol. The second kappa shape index (κ2) is 10.1. The van der Waals surface area contributed by atoms with Crippen LogP contribution in [0.15, 0.2) is 33.6 Å². The Bertz CT molecular complexity index is 542. The molecule has 1 aliphatic heterocycles. The lowest BCUT2D eigenvalue weighted by atomic mass is 10.2. The highest BCUT2D eigenvalue weighted by Gasteiger charge is 2.17. The first kappa shape index (κ1) is 19.3. The molecule has 132 valence electrons. The standard InChI is InChI=1S/C18H25BrN2O2S/c1-14(24-16-8-6-15(19)7-9-16)18(23)20-11-10-17(22)21-12-4-2-3-5-13-21/h6-9,14H,2-5,10-13H2,1H3,(H,20,23). The van der Waals surface area contributed by atoms with Crippen LogP contribution in [0.3, 0.4) is 0 Å². The Morgan fingerprint density at radius 2 is 1.79 bits per heavy atom. The summed E-state index contributed by atoms with van der Waals surface area (Å²) in [6, 6.07) is 7.91. The Morgan fingerprint density at radius 3 is 2.42 bits per heavy atom. The van der Waals surface area contributed by atoms with Crippen molar-refractivity contribution in [1.82, 2.24) is 10.2 Å². The predicted octanol–water partition coefficient (Wildman–Crippen LogP) is 3.84. The van der Waals surface area contributed by atoms with Gasteiger partial charge in [-0.25, -0.2) is 0 Å². The number of hydrogen-bond donors (Lipinski definition) is 1. The molecule has 0 bridgehead atoms. The van der Waals surface area contributed by atoms with Crippen molar-refractivity contribution in [2.45, 2.75) is 49.2 Å². The fraction of sp³-hybridized carbons (Fsp3) is 0.556. The van der Waals surface area contributed by atoms with E-state index in [1.165, 1.54) is 24.6 Å². The Kier molecular flexibility index (Phi) is 8.12. The molecular weight excluding hydrogens is 388 g/mol. The van der Waals surface area contributed by atoms with Crippen LogP contribution >= 0.6 is 27.7 Å². The minimum absolute atomic E-state index is 0.0217. The summed E-state index contributed by atoms with van der Waals surface area (Å²) in [5, 5.41) is 2.70. The van der Waals surface area contributed by atoms with Gasteiger partial charge < -0.3 is 10.2 Å². The molecule has 1 N–H and O–H groups in total. The van der Waals surface area contributed by atoms with Crippen LogP contribution in [-0.4, -0.2) is 41.6 Å². The van der Waals surface area contributed by atoms with Crippen molar-refractivity contribution in [3.63, 3.8) is 0 Å². The molecule has 2 amide bonds. The number of halogens is 1. The monoisotopic (exact) mass is 412 g/mol. The van der Waals surface area contributed by atoms with Gasteiger partial charge in [-0.1, -0.05) is 28.8 Å². The van der Waals surface area contributed by atoms with E-state index in [0.717, 1.165) is 35.3 Å². The number of nitrogens with one attached hydrogen (secondary N) is 1. The van der Waals surface area contributed by atoms with E-state index in [1.54, 1.807) is 0 Å². The normalized spacial score (nSPS) is 16.3. The van der Waals surface area contributed by atoms with Crippen molar-refractivity contribution in [3.8, 4) is 0 Å². The van der Waals surface area contributed by atoms with E-state index >= 15 is 0 Å². The van der Waals surface area contributed by atoms with Gasteiger partial charge in [0, 0.05) is 35.4 Å². The second-order valence-corrected chi connectivity index (χ2v) is 8.38. The molecule has 6 heteroatoms. The number of benzene rings is 1. The number of nitrogens with zero attached hydrogens (tertiary/aromatic N) is 1. The summed E-state index contributed by atoms with van der Waals surface area (Å²) in [7, 11) is 0. The highest BCUT2D eigenvalue weighted by atomic mass is 79.9. The summed E-state index contributed by atoms with van der Waals surface area (Å²) in [5.74, 6) is 0.136. The molecule has 0 radical (unpaired) electrons. The van der Waals surface area contributed by atoms with Gasteiger partial charge in [0.25, 0.3) is 0 Å². The van der Waals surface area contributed by atoms with Gasteiger partial charge in [-0.2, -0.15) is 0 Å². The molecule has 1 saturated heterocycles. The van der Waals surface area contributed by atoms with Crippen LogP contribution in [0.2, 0.25) is 0 Å². The summed E-state index contributed by atoms with van der Waals surface area (Å²) in [6.07, 6.45) is 5.01. The Balaban J connectivity index is 1.69. The number of rotatable bonds is 6. The molecule has 1 unspecified atom stereocenters. The van der Waals surface area contributed by atoms with Crippen molar-refractivity contribution < 1.29 is 9.59 Å². The van der Waals surface area contributed by atoms with E-state index in [1.807, 2.05) is 36.1 Å². The maximum absolute atomic E-state index is 12.2. The molecule has 4 nitrogen and oxygen atoms in total. The Labute approximate surface area is 156 Å². The first-order valence-corrected chi connectivity index (χ1v) is 10.2. The summed E-state index contributed by atoms with van der Waals surface area (Å²) in [5.41, 5.74) is 0. The van der Waals surface area contributed by atoms with Gasteiger partial charge in [-0.15, -0.1) is 11.8 Å². The van der Waals surface area contributed by atoms with Gasteiger partial charge in [-0.3, -0.25) is 9.59 Å². The number of likely N-dealkylation sites (tertiary alicyclic amines) is 1. The Hall–Kier alpha value is -1.01. The van der Waals surface area contributed by atoms with Gasteiger partial charge in [0.15, 0.2) is 0 Å². The molecule has 0 aromatic heterocycles. The van der Waals surface area contributed by atoms with Gasteiger partial charge in [0.05, 0.1) is 5.25 Å². The Morgan fingerprint density at radius 1 is 1.17 bits per heavy atom. The molecule has 1 aromatic rings. The van der Waals surface area contributed by atoms with Crippen LogP contribution in [0, 0.1) is 0 Å². The van der Waals surface area contributed by atoms with Crippen LogP contribution < -0.4 is 5.32 Å². The summed E-state index contributed by atoms with van der Waals surface area (Å²) < 4.78 is 1.02. The third-order valence-electron chi connectivity index (χ3n) is 4.09. The zero-order chi connectivity index (χ0) is 17.4. The lowest BCUT2D eigenvalue weighted by molar-refractivity contribution is -0.131. The maximum Gasteiger partial charge on any atom is 0.233 e. The first-order chi connectivity index (χ1) is 11.6. The molecule has 1 aromatic carbocycles. The summed E-state index contributed by atoms with van der Waals surface area (Å²) >= 11 is 4.92. The third kappa shape index (κ3) is 6.48. The number of hydrogen-bond acceptors (Lipinski definition) is 3. The van der Waals surface area contributed by atoms with E-state index in [4.69, 9.17) is 0 Å². The van der Waals surface area contributed by atoms with E-state index in [-0.39, 0.29) is 17.1 Å². The van der Waals surface area contributed by atoms with E-state index < -0.39 is 0 Å². The fourth-order valence-electron chi connectivity index (χ4n) is 2.69. The highest BCUT2D eigenvalue weighted by Crippen LogP contribution is 2.24. The van der Waals surface area contributed by atoms with Crippen LogP contribution in [0.4, 0.5) is 0 Å². The smallest absolute Gasteiger partial charge is 0.233 e. The average molecular weight is 413 g/mol. The van der Waals surface area contributed by atoms with Crippen molar-refractivity contribution >= 4 is 39.5 Å². The molecule has 0 aliphatic carbocycles. The van der Waals surface area contributed by atoms with E-state index in [9.17, 15) is 9.59 Å². The number of amides is 2. The van der Waals surface area contributed by atoms with Crippen LogP contribution in [0.1, 0.15) is 39.0 Å². The van der Waals surface area contributed by atoms with Crippen molar-refractivity contribution in [2.75, 3.05) is 19.6 Å². The largest absolute Gasteiger partial charge is 0.355 e. The van der Waals surface area contributed by atoms with E-state index in [2.05, 4.69) is 21.2 Å². The molecule has 0 saturated carbocycles. The summed E-state index contributed by atoms with van der Waals surface area (Å²) in [6.45, 7) is 4.03. The first-order valence-electron chi connectivity index (χ1n) is 8.54. The molecule has 0 spiro atoms. The topological polar surface area (TPSA) is 49.4 Å². The van der Waals surface area contributed by atoms with Crippen molar-refractivity contribution in [1.29, 1.82) is 0 Å². The number of carbonyl (C=O) groups is 2.